The fourth-order valence-corrected chi connectivity index (χ4v) is 3.20. The van der Waals surface area contributed by atoms with Gasteiger partial charge in [0.15, 0.2) is 0 Å². The van der Waals surface area contributed by atoms with Crippen LogP contribution in [-0.4, -0.2) is 6.26 Å². The minimum atomic E-state index is 0.793. The van der Waals surface area contributed by atoms with Gasteiger partial charge in [-0.05, 0) is 36.9 Å². The maximum atomic E-state index is 8.83. The largest absolute Gasteiger partial charge is 0.192 e. The van der Waals surface area contributed by atoms with Crippen LogP contribution in [0.25, 0.3) is 10.1 Å². The van der Waals surface area contributed by atoms with Crippen LogP contribution in [0.4, 0.5) is 0 Å². The van der Waals surface area contributed by atoms with Gasteiger partial charge < -0.3 is 0 Å². The van der Waals surface area contributed by atoms with Crippen molar-refractivity contribution in [2.24, 2.45) is 0 Å². The molecule has 0 aliphatic heterocycles. The molecule has 1 nitrogen and oxygen atoms in total. The Morgan fingerprint density at radius 2 is 2.14 bits per heavy atom. The molecule has 3 heteroatoms. The van der Waals surface area contributed by atoms with Crippen molar-refractivity contribution in [1.82, 2.24) is 0 Å². The summed E-state index contributed by atoms with van der Waals surface area (Å²) in [5, 5.41) is 10.0. The number of thioether (sulfide) groups is 1. The molecule has 1 aromatic heterocycles. The first-order valence-electron chi connectivity index (χ1n) is 4.23. The Labute approximate surface area is 91.4 Å². The van der Waals surface area contributed by atoms with Crippen molar-refractivity contribution in [3.8, 4) is 6.07 Å². The zero-order valence-electron chi connectivity index (χ0n) is 8.00. The molecule has 0 radical (unpaired) electrons. The van der Waals surface area contributed by atoms with Crippen LogP contribution in [0, 0.1) is 18.3 Å². The van der Waals surface area contributed by atoms with E-state index >= 15 is 0 Å². The van der Waals surface area contributed by atoms with E-state index in [1.54, 1.807) is 23.1 Å². The van der Waals surface area contributed by atoms with Crippen LogP contribution < -0.4 is 0 Å². The molecular weight excluding hydrogens is 210 g/mol. The van der Waals surface area contributed by atoms with E-state index in [2.05, 4.69) is 31.4 Å². The second-order valence-electron chi connectivity index (χ2n) is 3.10. The molecule has 70 valence electrons. The van der Waals surface area contributed by atoms with Crippen LogP contribution in [0.1, 0.15) is 10.4 Å². The number of rotatable bonds is 1. The van der Waals surface area contributed by atoms with Crippen molar-refractivity contribution in [2.75, 3.05) is 6.26 Å². The highest BCUT2D eigenvalue weighted by Gasteiger charge is 2.06. The molecule has 0 saturated heterocycles. The number of fused-ring (bicyclic) bond motifs is 1. The van der Waals surface area contributed by atoms with Crippen LogP contribution in [0.2, 0.25) is 0 Å². The van der Waals surface area contributed by atoms with E-state index in [1.807, 2.05) is 6.07 Å². The smallest absolute Gasteiger partial charge is 0.110 e. The van der Waals surface area contributed by atoms with Crippen LogP contribution in [-0.2, 0) is 0 Å². The zero-order chi connectivity index (χ0) is 10.1. The summed E-state index contributed by atoms with van der Waals surface area (Å²) in [7, 11) is 0. The maximum absolute atomic E-state index is 8.83. The molecule has 14 heavy (non-hydrogen) atoms. The molecule has 2 aromatic rings. The normalized spacial score (nSPS) is 10.4. The number of nitriles is 1. The van der Waals surface area contributed by atoms with Crippen molar-refractivity contribution in [2.45, 2.75) is 11.8 Å². The molecular formula is C11H9NS2. The van der Waals surface area contributed by atoms with Gasteiger partial charge >= 0.3 is 0 Å². The standard InChI is InChI=1S/C11H9NS2/c1-7-3-10(13-2)9-5-8(6-12)14-11(9)4-7/h3-5H,1-2H3. The Morgan fingerprint density at radius 3 is 2.79 bits per heavy atom. The second kappa shape index (κ2) is 3.64. The van der Waals surface area contributed by atoms with Crippen molar-refractivity contribution >= 4 is 33.2 Å². The molecule has 0 N–H and O–H groups in total. The minimum Gasteiger partial charge on any atom is -0.192 e. The monoisotopic (exact) mass is 219 g/mol. The van der Waals surface area contributed by atoms with E-state index in [-0.39, 0.29) is 0 Å². The highest BCUT2D eigenvalue weighted by molar-refractivity contribution is 7.98. The molecule has 1 heterocycles. The number of thiophene rings is 1. The van der Waals surface area contributed by atoms with E-state index in [0.717, 1.165) is 4.88 Å². The van der Waals surface area contributed by atoms with Crippen molar-refractivity contribution in [3.05, 3.63) is 28.6 Å². The Balaban J connectivity index is 2.79. The van der Waals surface area contributed by atoms with E-state index in [1.165, 1.54) is 20.5 Å². The number of hydrogen-bond donors (Lipinski definition) is 0. The van der Waals surface area contributed by atoms with Gasteiger partial charge in [0, 0.05) is 15.0 Å². The minimum absolute atomic E-state index is 0.793. The lowest BCUT2D eigenvalue weighted by Gasteiger charge is -2.00. The number of hydrogen-bond acceptors (Lipinski definition) is 3. The molecule has 0 unspecified atom stereocenters. The average Bonchev–Trinajstić information content (AvgIpc) is 2.59. The Morgan fingerprint density at radius 1 is 1.36 bits per heavy atom. The summed E-state index contributed by atoms with van der Waals surface area (Å²) in [6.07, 6.45) is 2.07. The van der Waals surface area contributed by atoms with Crippen LogP contribution in [0.15, 0.2) is 23.1 Å². The fourth-order valence-electron chi connectivity index (χ4n) is 1.46. The quantitative estimate of drug-likeness (QED) is 0.681. The third kappa shape index (κ3) is 1.52. The lowest BCUT2D eigenvalue weighted by atomic mass is 10.2. The first-order chi connectivity index (χ1) is 6.74. The summed E-state index contributed by atoms with van der Waals surface area (Å²) in [6, 6.07) is 8.48. The Bertz CT molecular complexity index is 520. The zero-order valence-corrected chi connectivity index (χ0v) is 9.63. The summed E-state index contributed by atoms with van der Waals surface area (Å²) in [5.74, 6) is 0. The predicted octanol–water partition coefficient (Wildman–Crippen LogP) is 3.80. The van der Waals surface area contributed by atoms with Gasteiger partial charge in [-0.3, -0.25) is 0 Å². The van der Waals surface area contributed by atoms with E-state index in [0.29, 0.717) is 0 Å². The maximum Gasteiger partial charge on any atom is 0.110 e. The summed E-state index contributed by atoms with van der Waals surface area (Å²) in [5.41, 5.74) is 1.26. The third-order valence-corrected chi connectivity index (χ3v) is 3.84. The molecule has 1 aromatic carbocycles. The van der Waals surface area contributed by atoms with Gasteiger partial charge in [0.2, 0.25) is 0 Å². The molecule has 0 amide bonds. The lowest BCUT2D eigenvalue weighted by molar-refractivity contribution is 1.43. The lowest BCUT2D eigenvalue weighted by Crippen LogP contribution is -1.75. The Hall–Kier alpha value is -0.980. The van der Waals surface area contributed by atoms with Gasteiger partial charge in [-0.1, -0.05) is 0 Å². The van der Waals surface area contributed by atoms with Crippen LogP contribution in [0.3, 0.4) is 0 Å². The molecule has 0 aliphatic carbocycles. The Kier molecular flexibility index (Phi) is 2.49. The van der Waals surface area contributed by atoms with Gasteiger partial charge in [-0.25, -0.2) is 0 Å². The van der Waals surface area contributed by atoms with Crippen molar-refractivity contribution in [3.63, 3.8) is 0 Å². The molecule has 0 atom stereocenters. The molecule has 0 saturated carbocycles. The molecule has 2 rings (SSSR count). The molecule has 0 fully saturated rings. The predicted molar refractivity (Wildman–Crippen MR) is 63.1 cm³/mol. The first-order valence-corrected chi connectivity index (χ1v) is 6.27. The van der Waals surface area contributed by atoms with Gasteiger partial charge in [0.05, 0.1) is 0 Å². The fraction of sp³-hybridized carbons (Fsp3) is 0.182. The van der Waals surface area contributed by atoms with Crippen molar-refractivity contribution < 1.29 is 0 Å². The number of nitrogens with zero attached hydrogens (tertiary/aromatic N) is 1. The van der Waals surface area contributed by atoms with Crippen molar-refractivity contribution in [1.29, 1.82) is 5.26 Å². The number of aryl methyl sites for hydroxylation is 1. The average molecular weight is 219 g/mol. The van der Waals surface area contributed by atoms with Crippen LogP contribution >= 0.6 is 23.1 Å². The van der Waals surface area contributed by atoms with Gasteiger partial charge in [0.25, 0.3) is 0 Å². The van der Waals surface area contributed by atoms with Crippen LogP contribution in [0.5, 0.6) is 0 Å². The first kappa shape index (κ1) is 9.57. The van der Waals surface area contributed by atoms with Gasteiger partial charge in [-0.15, -0.1) is 23.1 Å². The second-order valence-corrected chi connectivity index (χ2v) is 5.03. The molecule has 0 aliphatic rings. The van der Waals surface area contributed by atoms with E-state index < -0.39 is 0 Å². The topological polar surface area (TPSA) is 23.8 Å². The van der Waals surface area contributed by atoms with E-state index in [4.69, 9.17) is 5.26 Å². The molecule has 0 bridgehead atoms. The van der Waals surface area contributed by atoms with Gasteiger partial charge in [0.1, 0.15) is 10.9 Å². The number of benzene rings is 1. The SMILES string of the molecule is CSc1cc(C)cc2sc(C#N)cc12. The highest BCUT2D eigenvalue weighted by atomic mass is 32.2. The van der Waals surface area contributed by atoms with E-state index in [9.17, 15) is 0 Å². The summed E-state index contributed by atoms with van der Waals surface area (Å²) >= 11 is 3.30. The third-order valence-electron chi connectivity index (χ3n) is 2.07. The molecule has 0 spiro atoms. The summed E-state index contributed by atoms with van der Waals surface area (Å²) in [4.78, 5) is 2.05. The summed E-state index contributed by atoms with van der Waals surface area (Å²) in [6.45, 7) is 2.09. The highest BCUT2D eigenvalue weighted by Crippen LogP contribution is 2.33. The summed E-state index contributed by atoms with van der Waals surface area (Å²) < 4.78 is 1.21. The van der Waals surface area contributed by atoms with Gasteiger partial charge in [-0.2, -0.15) is 5.26 Å².